The van der Waals surface area contributed by atoms with Gasteiger partial charge in [0.2, 0.25) is 0 Å². The van der Waals surface area contributed by atoms with Crippen molar-refractivity contribution in [3.63, 3.8) is 0 Å². The second-order valence-corrected chi connectivity index (χ2v) is 9.43. The maximum absolute atomic E-state index is 14.2. The summed E-state index contributed by atoms with van der Waals surface area (Å²) < 4.78 is 49.8. The molecule has 7 nitrogen and oxygen atoms in total. The quantitative estimate of drug-likeness (QED) is 0.360. The number of methoxy groups -OCH3 is 1. The minimum absolute atomic E-state index is 0. The van der Waals surface area contributed by atoms with Crippen LogP contribution in [0.3, 0.4) is 0 Å². The zero-order valence-corrected chi connectivity index (χ0v) is 21.6. The highest BCUT2D eigenvalue weighted by molar-refractivity contribution is 5.88. The van der Waals surface area contributed by atoms with Crippen LogP contribution in [0.25, 0.3) is 28.1 Å². The van der Waals surface area contributed by atoms with E-state index in [2.05, 4.69) is 16.3 Å². The van der Waals surface area contributed by atoms with Gasteiger partial charge in [-0.1, -0.05) is 24.3 Å². The second kappa shape index (κ2) is 10.2. The Balaban J connectivity index is 0.00000160. The summed E-state index contributed by atoms with van der Waals surface area (Å²) in [6.45, 7) is 0.500. The van der Waals surface area contributed by atoms with Crippen molar-refractivity contribution in [1.82, 2.24) is 24.5 Å². The summed E-state index contributed by atoms with van der Waals surface area (Å²) in [5.41, 5.74) is 8.83. The van der Waals surface area contributed by atoms with E-state index in [1.54, 1.807) is 17.6 Å². The molecule has 1 aliphatic heterocycles. The second-order valence-electron chi connectivity index (χ2n) is 9.43. The highest BCUT2D eigenvalue weighted by Crippen LogP contribution is 2.46. The fourth-order valence-corrected chi connectivity index (χ4v) is 5.13. The first-order chi connectivity index (χ1) is 16.8. The molecule has 0 unspecified atom stereocenters. The number of likely N-dealkylation sites (tertiary alicyclic amines) is 1. The molecule has 1 saturated heterocycles. The SMILES string of the molecule is COc1c(C2CC2)ccc2ccc(-c3nnc4ccc([C@@H](N5CC[C@H](N)C5)C(F)(F)F)cn34)nc12.Cl.Cl. The fraction of sp³-hybridized carbons (Fsp3) is 0.400. The van der Waals surface area contributed by atoms with Crippen molar-refractivity contribution in [2.75, 3.05) is 20.2 Å². The molecule has 2 atom stereocenters. The third-order valence-electron chi connectivity index (χ3n) is 6.97. The van der Waals surface area contributed by atoms with Gasteiger partial charge >= 0.3 is 6.18 Å². The van der Waals surface area contributed by atoms with Crippen LogP contribution in [0.2, 0.25) is 0 Å². The number of halogens is 5. The van der Waals surface area contributed by atoms with Crippen LogP contribution >= 0.6 is 24.8 Å². The van der Waals surface area contributed by atoms with Gasteiger partial charge < -0.3 is 10.5 Å². The summed E-state index contributed by atoms with van der Waals surface area (Å²) in [6, 6.07) is 8.86. The molecule has 0 bridgehead atoms. The third-order valence-corrected chi connectivity index (χ3v) is 6.97. The van der Waals surface area contributed by atoms with Crippen LogP contribution in [0.15, 0.2) is 42.6 Å². The van der Waals surface area contributed by atoms with Crippen LogP contribution in [0.4, 0.5) is 13.2 Å². The summed E-state index contributed by atoms with van der Waals surface area (Å²) in [6.07, 6.45) is -0.183. The number of benzene rings is 1. The van der Waals surface area contributed by atoms with E-state index in [-0.39, 0.29) is 43.0 Å². The Hall–Kier alpha value is -2.66. The lowest BCUT2D eigenvalue weighted by Gasteiger charge is -2.30. The van der Waals surface area contributed by atoms with Gasteiger partial charge in [-0.2, -0.15) is 13.2 Å². The van der Waals surface area contributed by atoms with Crippen LogP contribution in [0.5, 0.6) is 5.75 Å². The van der Waals surface area contributed by atoms with E-state index in [1.165, 1.54) is 17.2 Å². The van der Waals surface area contributed by atoms with Crippen molar-refractivity contribution in [3.05, 3.63) is 53.7 Å². The van der Waals surface area contributed by atoms with Gasteiger partial charge in [0.1, 0.15) is 23.0 Å². The molecule has 4 aromatic rings. The number of hydrogen-bond acceptors (Lipinski definition) is 6. The van der Waals surface area contributed by atoms with E-state index in [4.69, 9.17) is 15.5 Å². The molecular formula is C25H27Cl2F3N6O. The Kier molecular flexibility index (Phi) is 7.58. The Bertz CT molecular complexity index is 1430. The number of alkyl halides is 3. The molecule has 0 radical (unpaired) electrons. The van der Waals surface area contributed by atoms with Crippen molar-refractivity contribution in [2.24, 2.45) is 5.73 Å². The monoisotopic (exact) mass is 554 g/mol. The maximum atomic E-state index is 14.2. The molecule has 198 valence electrons. The Labute approximate surface area is 224 Å². The lowest BCUT2D eigenvalue weighted by atomic mass is 10.1. The predicted molar refractivity (Wildman–Crippen MR) is 140 cm³/mol. The zero-order valence-electron chi connectivity index (χ0n) is 20.0. The molecule has 3 aromatic heterocycles. The average Bonchev–Trinajstić information content (AvgIpc) is 3.46. The van der Waals surface area contributed by atoms with Gasteiger partial charge in [0.15, 0.2) is 11.5 Å². The number of rotatable bonds is 5. The number of fused-ring (bicyclic) bond motifs is 2. The van der Waals surface area contributed by atoms with Crippen LogP contribution in [-0.4, -0.2) is 56.9 Å². The lowest BCUT2D eigenvalue weighted by molar-refractivity contribution is -0.183. The molecule has 37 heavy (non-hydrogen) atoms. The van der Waals surface area contributed by atoms with E-state index in [1.807, 2.05) is 18.2 Å². The number of pyridine rings is 2. The minimum Gasteiger partial charge on any atom is -0.494 e. The first kappa shape index (κ1) is 27.4. The van der Waals surface area contributed by atoms with Gasteiger partial charge in [-0.25, -0.2) is 4.98 Å². The number of ether oxygens (including phenoxy) is 1. The van der Waals surface area contributed by atoms with E-state index >= 15 is 0 Å². The molecule has 2 fully saturated rings. The molecule has 6 rings (SSSR count). The van der Waals surface area contributed by atoms with E-state index in [0.717, 1.165) is 29.5 Å². The first-order valence-electron chi connectivity index (χ1n) is 11.7. The van der Waals surface area contributed by atoms with Crippen LogP contribution < -0.4 is 10.5 Å². The number of nitrogens with two attached hydrogens (primary N) is 1. The van der Waals surface area contributed by atoms with Crippen molar-refractivity contribution in [2.45, 2.75) is 43.4 Å². The highest BCUT2D eigenvalue weighted by atomic mass is 35.5. The normalized spacial score (nSPS) is 19.0. The Morgan fingerprint density at radius 2 is 1.78 bits per heavy atom. The molecule has 0 amide bonds. The van der Waals surface area contributed by atoms with Gasteiger partial charge in [-0.3, -0.25) is 9.30 Å². The van der Waals surface area contributed by atoms with E-state index < -0.39 is 12.2 Å². The minimum atomic E-state index is -4.44. The molecule has 2 aliphatic rings. The average molecular weight is 555 g/mol. The molecule has 1 aromatic carbocycles. The number of aromatic nitrogens is 4. The van der Waals surface area contributed by atoms with Gasteiger partial charge in [0.25, 0.3) is 0 Å². The summed E-state index contributed by atoms with van der Waals surface area (Å²) in [5, 5.41) is 9.36. The summed E-state index contributed by atoms with van der Waals surface area (Å²) in [4.78, 5) is 6.22. The molecule has 0 spiro atoms. The zero-order chi connectivity index (χ0) is 24.3. The summed E-state index contributed by atoms with van der Waals surface area (Å²) in [5.74, 6) is 1.60. The standard InChI is InChI=1S/C25H25F3N6O.2ClH/c1-35-22-18(14-2-3-14)7-4-15-5-8-19(30-21(15)22)24-32-31-20-9-6-16(12-34(20)24)23(25(26,27)28)33-11-10-17(29)13-33;;/h4-9,12,14,17,23H,2-3,10-11,13,29H2,1H3;2*1H/t17-,23+;;/m0../s1. The van der Waals surface area contributed by atoms with E-state index in [0.29, 0.717) is 41.6 Å². The van der Waals surface area contributed by atoms with Crippen LogP contribution in [0.1, 0.15) is 42.3 Å². The van der Waals surface area contributed by atoms with Crippen molar-refractivity contribution in [1.29, 1.82) is 0 Å². The lowest BCUT2D eigenvalue weighted by Crippen LogP contribution is -2.38. The molecule has 1 aliphatic carbocycles. The highest BCUT2D eigenvalue weighted by Gasteiger charge is 2.46. The largest absolute Gasteiger partial charge is 0.494 e. The Morgan fingerprint density at radius 1 is 1.03 bits per heavy atom. The van der Waals surface area contributed by atoms with Crippen LogP contribution in [0, 0.1) is 0 Å². The maximum Gasteiger partial charge on any atom is 0.408 e. The van der Waals surface area contributed by atoms with Gasteiger partial charge in [-0.05, 0) is 48.4 Å². The summed E-state index contributed by atoms with van der Waals surface area (Å²) >= 11 is 0. The van der Waals surface area contributed by atoms with Gasteiger partial charge in [0.05, 0.1) is 7.11 Å². The van der Waals surface area contributed by atoms with E-state index in [9.17, 15) is 13.2 Å². The van der Waals surface area contributed by atoms with Crippen molar-refractivity contribution >= 4 is 41.4 Å². The van der Waals surface area contributed by atoms with Gasteiger partial charge in [0, 0.05) is 30.7 Å². The van der Waals surface area contributed by atoms with Crippen molar-refractivity contribution in [3.8, 4) is 17.3 Å². The van der Waals surface area contributed by atoms with Crippen molar-refractivity contribution < 1.29 is 17.9 Å². The third kappa shape index (κ3) is 4.95. The molecule has 12 heteroatoms. The van der Waals surface area contributed by atoms with Gasteiger partial charge in [-0.15, -0.1) is 35.0 Å². The fourth-order valence-electron chi connectivity index (χ4n) is 5.13. The molecule has 2 N–H and O–H groups in total. The molecule has 4 heterocycles. The topological polar surface area (TPSA) is 81.6 Å². The summed E-state index contributed by atoms with van der Waals surface area (Å²) in [7, 11) is 1.63. The molecular weight excluding hydrogens is 528 g/mol. The Morgan fingerprint density at radius 3 is 2.43 bits per heavy atom. The number of nitrogens with zero attached hydrogens (tertiary/aromatic N) is 5. The number of hydrogen-bond donors (Lipinski definition) is 1. The predicted octanol–water partition coefficient (Wildman–Crippen LogP) is 5.31. The smallest absolute Gasteiger partial charge is 0.408 e. The van der Waals surface area contributed by atoms with Crippen LogP contribution in [-0.2, 0) is 0 Å². The molecule has 1 saturated carbocycles. The first-order valence-corrected chi connectivity index (χ1v) is 11.7.